The molecule has 1 N–H and O–H groups in total. The van der Waals surface area contributed by atoms with Gasteiger partial charge in [0, 0.05) is 12.1 Å². The third-order valence-electron chi connectivity index (χ3n) is 2.94. The maximum atomic E-state index is 10.6. The third kappa shape index (κ3) is 4.19. The van der Waals surface area contributed by atoms with Crippen LogP contribution >= 0.6 is 15.9 Å². The van der Waals surface area contributed by atoms with Gasteiger partial charge in [0.25, 0.3) is 5.69 Å². The fraction of sp³-hybridized carbons (Fsp3) is 0.133. The first-order chi connectivity index (χ1) is 11.0. The number of methoxy groups -OCH3 is 2. The molecule has 0 aliphatic rings. The molecule has 120 valence electrons. The van der Waals surface area contributed by atoms with E-state index in [0.717, 1.165) is 10.0 Å². The van der Waals surface area contributed by atoms with E-state index in [1.54, 1.807) is 38.6 Å². The zero-order valence-electron chi connectivity index (χ0n) is 12.4. The Morgan fingerprint density at radius 3 is 2.48 bits per heavy atom. The van der Waals surface area contributed by atoms with E-state index in [-0.39, 0.29) is 5.69 Å². The number of anilines is 1. The molecule has 7 nitrogen and oxygen atoms in total. The monoisotopic (exact) mass is 379 g/mol. The van der Waals surface area contributed by atoms with Crippen LogP contribution in [0.2, 0.25) is 0 Å². The number of halogens is 1. The molecule has 0 radical (unpaired) electrons. The Kier molecular flexibility index (Phi) is 5.53. The summed E-state index contributed by atoms with van der Waals surface area (Å²) < 4.78 is 11.2. The molecule has 0 amide bonds. The Bertz CT molecular complexity index is 732. The lowest BCUT2D eigenvalue weighted by Gasteiger charge is -2.10. The molecule has 0 heterocycles. The van der Waals surface area contributed by atoms with Gasteiger partial charge in [-0.1, -0.05) is 0 Å². The smallest absolute Gasteiger partial charge is 0.269 e. The fourth-order valence-corrected chi connectivity index (χ4v) is 2.47. The van der Waals surface area contributed by atoms with Gasteiger partial charge >= 0.3 is 0 Å². The first-order valence-corrected chi connectivity index (χ1v) is 7.29. The van der Waals surface area contributed by atoms with Crippen molar-refractivity contribution in [2.45, 2.75) is 0 Å². The zero-order valence-corrected chi connectivity index (χ0v) is 14.0. The summed E-state index contributed by atoms with van der Waals surface area (Å²) in [6, 6.07) is 9.60. The van der Waals surface area contributed by atoms with E-state index < -0.39 is 4.92 Å². The summed E-state index contributed by atoms with van der Waals surface area (Å²) >= 11 is 3.41. The molecular formula is C15H14BrN3O4. The van der Waals surface area contributed by atoms with E-state index in [0.29, 0.717) is 17.2 Å². The van der Waals surface area contributed by atoms with Crippen molar-refractivity contribution in [2.24, 2.45) is 5.10 Å². The molecular weight excluding hydrogens is 366 g/mol. The molecule has 0 bridgehead atoms. The lowest BCUT2D eigenvalue weighted by Crippen LogP contribution is -1.95. The highest BCUT2D eigenvalue weighted by molar-refractivity contribution is 9.10. The van der Waals surface area contributed by atoms with Crippen LogP contribution in [-0.4, -0.2) is 25.4 Å². The Balaban J connectivity index is 2.11. The number of nitro benzene ring substituents is 1. The number of nitro groups is 1. The number of non-ortho nitro benzene ring substituents is 1. The van der Waals surface area contributed by atoms with Crippen LogP contribution < -0.4 is 14.9 Å². The van der Waals surface area contributed by atoms with Crippen molar-refractivity contribution in [1.82, 2.24) is 0 Å². The topological polar surface area (TPSA) is 86.0 Å². The summed E-state index contributed by atoms with van der Waals surface area (Å²) in [5.74, 6) is 1.19. The predicted molar refractivity (Wildman–Crippen MR) is 91.6 cm³/mol. The van der Waals surface area contributed by atoms with E-state index in [1.807, 2.05) is 6.07 Å². The zero-order chi connectivity index (χ0) is 16.8. The first-order valence-electron chi connectivity index (χ1n) is 6.50. The minimum atomic E-state index is -0.450. The molecule has 0 unspecified atom stereocenters. The second-order valence-corrected chi connectivity index (χ2v) is 5.27. The van der Waals surface area contributed by atoms with Crippen LogP contribution in [0, 0.1) is 10.1 Å². The standard InChI is InChI=1S/C15H14BrN3O4/c1-22-14-8-10(7-13(16)15(14)23-2)9-17-18-11-3-5-12(6-4-11)19(20)21/h3-9,18H,1-2H3/b17-9+. The van der Waals surface area contributed by atoms with Gasteiger partial charge in [-0.25, -0.2) is 0 Å². The van der Waals surface area contributed by atoms with Crippen molar-refractivity contribution >= 4 is 33.5 Å². The average molecular weight is 380 g/mol. The van der Waals surface area contributed by atoms with Crippen LogP contribution in [0.1, 0.15) is 5.56 Å². The maximum Gasteiger partial charge on any atom is 0.269 e. The quantitative estimate of drug-likeness (QED) is 0.468. The molecule has 23 heavy (non-hydrogen) atoms. The molecule has 0 spiro atoms. The van der Waals surface area contributed by atoms with Crippen molar-refractivity contribution in [2.75, 3.05) is 19.6 Å². The number of nitrogens with one attached hydrogen (secondary N) is 1. The number of benzene rings is 2. The van der Waals surface area contributed by atoms with Crippen LogP contribution in [0.4, 0.5) is 11.4 Å². The van der Waals surface area contributed by atoms with Gasteiger partial charge in [-0.05, 0) is 45.8 Å². The van der Waals surface area contributed by atoms with Crippen LogP contribution in [-0.2, 0) is 0 Å². The molecule has 8 heteroatoms. The Labute approximate surface area is 141 Å². The lowest BCUT2D eigenvalue weighted by atomic mass is 10.2. The fourth-order valence-electron chi connectivity index (χ4n) is 1.85. The highest BCUT2D eigenvalue weighted by Crippen LogP contribution is 2.35. The molecule has 0 aliphatic carbocycles. The number of rotatable bonds is 6. The van der Waals surface area contributed by atoms with E-state index in [1.165, 1.54) is 12.1 Å². The third-order valence-corrected chi connectivity index (χ3v) is 3.53. The van der Waals surface area contributed by atoms with Gasteiger partial charge in [-0.15, -0.1) is 0 Å². The minimum Gasteiger partial charge on any atom is -0.493 e. The van der Waals surface area contributed by atoms with Gasteiger partial charge in [-0.2, -0.15) is 5.10 Å². The van der Waals surface area contributed by atoms with Crippen molar-refractivity contribution in [3.05, 3.63) is 56.5 Å². The van der Waals surface area contributed by atoms with Crippen LogP contribution in [0.15, 0.2) is 46.0 Å². The van der Waals surface area contributed by atoms with E-state index in [9.17, 15) is 10.1 Å². The molecule has 2 aromatic rings. The summed E-state index contributed by atoms with van der Waals surface area (Å²) in [5.41, 5.74) is 4.28. The SMILES string of the molecule is COc1cc(/C=N/Nc2ccc([N+](=O)[O-])cc2)cc(Br)c1OC. The minimum absolute atomic E-state index is 0.0309. The van der Waals surface area contributed by atoms with Crippen molar-refractivity contribution in [3.8, 4) is 11.5 Å². The summed E-state index contributed by atoms with van der Waals surface area (Å²) in [5, 5.41) is 14.7. The molecule has 0 aliphatic heterocycles. The predicted octanol–water partition coefficient (Wildman–Crippen LogP) is 3.82. The van der Waals surface area contributed by atoms with Gasteiger partial charge in [0.05, 0.1) is 35.5 Å². The molecule has 0 saturated heterocycles. The number of ether oxygens (including phenoxy) is 2. The van der Waals surface area contributed by atoms with Gasteiger partial charge in [0.2, 0.25) is 0 Å². The van der Waals surface area contributed by atoms with Gasteiger partial charge < -0.3 is 9.47 Å². The normalized spacial score (nSPS) is 10.6. The number of nitrogens with zero attached hydrogens (tertiary/aromatic N) is 2. The first kappa shape index (κ1) is 16.8. The highest BCUT2D eigenvalue weighted by Gasteiger charge is 2.09. The molecule has 0 aromatic heterocycles. The molecule has 0 saturated carbocycles. The largest absolute Gasteiger partial charge is 0.493 e. The summed E-state index contributed by atoms with van der Waals surface area (Å²) in [7, 11) is 3.12. The molecule has 0 fully saturated rings. The average Bonchev–Trinajstić information content (AvgIpc) is 2.54. The second kappa shape index (κ2) is 7.59. The number of hydrogen-bond acceptors (Lipinski definition) is 6. The van der Waals surface area contributed by atoms with Crippen molar-refractivity contribution in [1.29, 1.82) is 0 Å². The van der Waals surface area contributed by atoms with E-state index >= 15 is 0 Å². The van der Waals surface area contributed by atoms with Crippen LogP contribution in [0.5, 0.6) is 11.5 Å². The van der Waals surface area contributed by atoms with E-state index in [4.69, 9.17) is 9.47 Å². The number of hydrazone groups is 1. The van der Waals surface area contributed by atoms with Crippen LogP contribution in [0.3, 0.4) is 0 Å². The van der Waals surface area contributed by atoms with Crippen molar-refractivity contribution < 1.29 is 14.4 Å². The summed E-state index contributed by atoms with van der Waals surface area (Å²) in [6.45, 7) is 0. The molecule has 0 atom stereocenters. The van der Waals surface area contributed by atoms with Crippen molar-refractivity contribution in [3.63, 3.8) is 0 Å². The highest BCUT2D eigenvalue weighted by atomic mass is 79.9. The van der Waals surface area contributed by atoms with Crippen LogP contribution in [0.25, 0.3) is 0 Å². The van der Waals surface area contributed by atoms with Gasteiger partial charge in [0.1, 0.15) is 0 Å². The Morgan fingerprint density at radius 1 is 1.22 bits per heavy atom. The lowest BCUT2D eigenvalue weighted by molar-refractivity contribution is -0.384. The van der Waals surface area contributed by atoms with E-state index in [2.05, 4.69) is 26.5 Å². The van der Waals surface area contributed by atoms with Gasteiger partial charge in [0.15, 0.2) is 11.5 Å². The van der Waals surface area contributed by atoms with Gasteiger partial charge in [-0.3, -0.25) is 15.5 Å². The number of hydrogen-bond donors (Lipinski definition) is 1. The Morgan fingerprint density at radius 2 is 1.91 bits per heavy atom. The Hall–Kier alpha value is -2.61. The maximum absolute atomic E-state index is 10.6. The summed E-state index contributed by atoms with van der Waals surface area (Å²) in [6.07, 6.45) is 1.61. The second-order valence-electron chi connectivity index (χ2n) is 4.41. The molecule has 2 aromatic carbocycles. The summed E-state index contributed by atoms with van der Waals surface area (Å²) in [4.78, 5) is 10.1. The molecule has 2 rings (SSSR count).